The molecule has 0 bridgehead atoms. The van der Waals surface area contributed by atoms with Gasteiger partial charge in [0.1, 0.15) is 22.3 Å². The molecule has 7 heteroatoms. The number of hydrogen-bond acceptors (Lipinski definition) is 6. The summed E-state index contributed by atoms with van der Waals surface area (Å²) in [5, 5.41) is 9.04. The van der Waals surface area contributed by atoms with Crippen LogP contribution in [0.5, 0.6) is 0 Å². The molecule has 5 aromatic heterocycles. The Balaban J connectivity index is 0.00000262. The van der Waals surface area contributed by atoms with Gasteiger partial charge in [0, 0.05) is 80.3 Å². The van der Waals surface area contributed by atoms with Crippen molar-refractivity contribution in [3.8, 4) is 73.2 Å². The number of para-hydroxylation sites is 5. The lowest BCUT2D eigenvalue weighted by Gasteiger charge is -2.15. The van der Waals surface area contributed by atoms with Gasteiger partial charge in [-0.05, 0) is 76.3 Å². The van der Waals surface area contributed by atoms with Crippen molar-refractivity contribution < 1.29 is 8.83 Å². The molecule has 0 aliphatic rings. The number of aromatic nitrogens is 4. The van der Waals surface area contributed by atoms with E-state index in [1.165, 1.54) is 31.3 Å². The molecule has 0 saturated heterocycles. The maximum Gasteiger partial charge on any atom is 0.238 e. The van der Waals surface area contributed by atoms with Gasteiger partial charge in [-0.2, -0.15) is 9.97 Å². The highest BCUT2D eigenvalue weighted by atomic mass is 32.1. The van der Waals surface area contributed by atoms with E-state index in [4.69, 9.17) is 23.8 Å². The van der Waals surface area contributed by atoms with Crippen LogP contribution in [0.2, 0.25) is 0 Å². The zero-order chi connectivity index (χ0) is 51.8. The fraction of sp³-hybridized carbons (Fsp3) is 0.0282. The molecule has 16 aromatic rings. The molecule has 0 aliphatic carbocycles. The third-order valence-electron chi connectivity index (χ3n) is 15.1. The van der Waals surface area contributed by atoms with E-state index in [2.05, 4.69) is 205 Å². The number of nitrogens with zero attached hydrogens (tertiary/aromatic N) is 4. The molecule has 0 saturated carbocycles. The van der Waals surface area contributed by atoms with Gasteiger partial charge < -0.3 is 8.83 Å². The molecule has 16 rings (SSSR count). The van der Waals surface area contributed by atoms with Gasteiger partial charge in [-0.25, -0.2) is 4.98 Å². The predicted molar refractivity (Wildman–Crippen MR) is 326 cm³/mol. The minimum atomic E-state index is 0.524. The maximum absolute atomic E-state index is 6.61. The highest BCUT2D eigenvalue weighted by Gasteiger charge is 2.23. The van der Waals surface area contributed by atoms with Gasteiger partial charge in [0.15, 0.2) is 11.6 Å². The van der Waals surface area contributed by atoms with E-state index in [9.17, 15) is 0 Å². The van der Waals surface area contributed by atoms with Crippen molar-refractivity contribution in [2.75, 3.05) is 0 Å². The van der Waals surface area contributed by atoms with E-state index in [-0.39, 0.29) is 0 Å². The lowest BCUT2D eigenvalue weighted by molar-refractivity contribution is 0.669. The van der Waals surface area contributed by atoms with E-state index in [1.54, 1.807) is 0 Å². The lowest BCUT2D eigenvalue weighted by Crippen LogP contribution is -2.07. The second-order valence-electron chi connectivity index (χ2n) is 19.4. The first-order valence-electron chi connectivity index (χ1n) is 26.5. The summed E-state index contributed by atoms with van der Waals surface area (Å²) in [7, 11) is 0. The van der Waals surface area contributed by atoms with E-state index in [1.807, 2.05) is 67.6 Å². The average Bonchev–Trinajstić information content (AvgIpc) is 4.38. The summed E-state index contributed by atoms with van der Waals surface area (Å²) >= 11 is 1.85. The Morgan fingerprint density at radius 3 is 1.58 bits per heavy atom. The first-order valence-corrected chi connectivity index (χ1v) is 27.3. The molecule has 0 amide bonds. The van der Waals surface area contributed by atoms with Gasteiger partial charge in [0.2, 0.25) is 5.95 Å². The SMILES string of the molecule is CC.c1ccc(-c2cc(-c3cccc4c3sc3c(-c5cccc6c5oc5ccccc56)cccc34)cc(-c3cccc4c5ccccc5n(-c5nc(-c6ccccc6)nc(-c6ccc7c(c6)oc6ccccc67)n5)c34)c2)cc1. The van der Waals surface area contributed by atoms with Crippen molar-refractivity contribution in [3.05, 3.63) is 243 Å². The summed E-state index contributed by atoms with van der Waals surface area (Å²) in [5.74, 6) is 1.66. The summed E-state index contributed by atoms with van der Waals surface area (Å²) in [6, 6.07) is 85.8. The average molecular weight is 1020 g/mol. The van der Waals surface area contributed by atoms with E-state index >= 15 is 0 Å². The van der Waals surface area contributed by atoms with E-state index in [0.29, 0.717) is 17.6 Å². The Bertz CT molecular complexity index is 5010. The fourth-order valence-electron chi connectivity index (χ4n) is 11.6. The van der Waals surface area contributed by atoms with Crippen LogP contribution in [-0.4, -0.2) is 19.5 Å². The summed E-state index contributed by atoms with van der Waals surface area (Å²) in [6.07, 6.45) is 0. The van der Waals surface area contributed by atoms with E-state index < -0.39 is 0 Å². The molecule has 0 fully saturated rings. The fourth-order valence-corrected chi connectivity index (χ4v) is 13.0. The van der Waals surface area contributed by atoms with Crippen molar-refractivity contribution >= 4 is 97.2 Å². The lowest BCUT2D eigenvalue weighted by atomic mass is 9.92. The smallest absolute Gasteiger partial charge is 0.238 e. The molecule has 6 nitrogen and oxygen atoms in total. The Morgan fingerprint density at radius 1 is 0.321 bits per heavy atom. The molecule has 5 heterocycles. The summed E-state index contributed by atoms with van der Waals surface area (Å²) in [5.41, 5.74) is 16.1. The minimum absolute atomic E-state index is 0.524. The van der Waals surface area contributed by atoms with Gasteiger partial charge in [-0.3, -0.25) is 4.57 Å². The van der Waals surface area contributed by atoms with Crippen LogP contribution in [-0.2, 0) is 0 Å². The number of hydrogen-bond donors (Lipinski definition) is 0. The molecule has 0 spiro atoms. The van der Waals surface area contributed by atoms with Crippen molar-refractivity contribution in [2.24, 2.45) is 0 Å². The summed E-state index contributed by atoms with van der Waals surface area (Å²) in [6.45, 7) is 4.00. The van der Waals surface area contributed by atoms with Crippen molar-refractivity contribution in [2.45, 2.75) is 13.8 Å². The standard InChI is InChI=1S/C69H40N4O2S.C2H6/c1-3-17-41(18-4-1)44-37-45(39-46(38-44)48-25-14-30-57-58-31-16-29-56(66(58)76-65(48)57)55-28-15-27-54-51-23-9-12-34-61(51)75-64(54)55)47-24-13-26-53-49-21-7-10-32-59(49)73(63(47)53)69-71-67(42-19-5-2-6-20-42)70-68(72-69)43-35-36-52-50-22-8-11-33-60(50)74-62(52)40-43;1-2/h1-40H;1-2H3. The Kier molecular flexibility index (Phi) is 10.7. The van der Waals surface area contributed by atoms with Crippen molar-refractivity contribution in [1.29, 1.82) is 0 Å². The first kappa shape index (κ1) is 45.4. The van der Waals surface area contributed by atoms with Gasteiger partial charge in [0.05, 0.1) is 11.0 Å². The van der Waals surface area contributed by atoms with Crippen molar-refractivity contribution in [1.82, 2.24) is 19.5 Å². The molecular weight excluding hydrogens is 973 g/mol. The number of rotatable bonds is 7. The monoisotopic (exact) mass is 1020 g/mol. The second kappa shape index (κ2) is 18.4. The van der Waals surface area contributed by atoms with Crippen LogP contribution in [0.4, 0.5) is 0 Å². The van der Waals surface area contributed by atoms with Crippen LogP contribution in [0.15, 0.2) is 251 Å². The maximum atomic E-state index is 6.61. The predicted octanol–water partition coefficient (Wildman–Crippen LogP) is 20.2. The largest absolute Gasteiger partial charge is 0.456 e. The Morgan fingerprint density at radius 2 is 0.833 bits per heavy atom. The molecule has 0 radical (unpaired) electrons. The van der Waals surface area contributed by atoms with Crippen LogP contribution in [0.1, 0.15) is 13.8 Å². The van der Waals surface area contributed by atoms with Crippen LogP contribution in [0.3, 0.4) is 0 Å². The first-order chi connectivity index (χ1) is 38.7. The normalized spacial score (nSPS) is 11.7. The van der Waals surface area contributed by atoms with Crippen LogP contribution in [0, 0.1) is 0 Å². The third-order valence-corrected chi connectivity index (χ3v) is 16.4. The molecule has 78 heavy (non-hydrogen) atoms. The zero-order valence-electron chi connectivity index (χ0n) is 42.6. The third kappa shape index (κ3) is 7.27. The number of fused-ring (bicyclic) bond motifs is 12. The molecule has 0 atom stereocenters. The van der Waals surface area contributed by atoms with Gasteiger partial charge in [0.25, 0.3) is 0 Å². The summed E-state index contributed by atoms with van der Waals surface area (Å²) in [4.78, 5) is 15.9. The molecule has 368 valence electrons. The van der Waals surface area contributed by atoms with Crippen LogP contribution >= 0.6 is 11.3 Å². The molecule has 0 aliphatic heterocycles. The molecule has 0 N–H and O–H groups in total. The zero-order valence-corrected chi connectivity index (χ0v) is 43.4. The van der Waals surface area contributed by atoms with Crippen molar-refractivity contribution in [3.63, 3.8) is 0 Å². The molecular formula is C71H46N4O2S. The highest BCUT2D eigenvalue weighted by molar-refractivity contribution is 7.26. The highest BCUT2D eigenvalue weighted by Crippen LogP contribution is 2.48. The van der Waals surface area contributed by atoms with Gasteiger partial charge >= 0.3 is 0 Å². The van der Waals surface area contributed by atoms with E-state index in [0.717, 1.165) is 110 Å². The van der Waals surface area contributed by atoms with Gasteiger partial charge in [-0.1, -0.05) is 208 Å². The minimum Gasteiger partial charge on any atom is -0.456 e. The molecule has 0 unspecified atom stereocenters. The Hall–Kier alpha value is -9.95. The quantitative estimate of drug-likeness (QED) is 0.159. The van der Waals surface area contributed by atoms with Gasteiger partial charge in [-0.15, -0.1) is 11.3 Å². The topological polar surface area (TPSA) is 69.9 Å². The number of furan rings is 2. The second-order valence-corrected chi connectivity index (χ2v) is 20.4. The summed E-state index contributed by atoms with van der Waals surface area (Å²) < 4.78 is 17.7. The Labute approximate surface area is 452 Å². The number of benzene rings is 11. The van der Waals surface area contributed by atoms with Crippen LogP contribution in [0.25, 0.3) is 159 Å². The van der Waals surface area contributed by atoms with Crippen LogP contribution < -0.4 is 0 Å². The number of thiophene rings is 1. The molecule has 11 aromatic carbocycles.